The highest BCUT2D eigenvalue weighted by Gasteiger charge is 2.14. The molecule has 2 aromatic rings. The van der Waals surface area contributed by atoms with Gasteiger partial charge in [0.1, 0.15) is 18.1 Å². The van der Waals surface area contributed by atoms with Gasteiger partial charge in [0.2, 0.25) is 12.1 Å². The van der Waals surface area contributed by atoms with Crippen molar-refractivity contribution in [2.75, 3.05) is 7.11 Å². The van der Waals surface area contributed by atoms with Crippen LogP contribution in [0.1, 0.15) is 22.8 Å². The van der Waals surface area contributed by atoms with E-state index < -0.39 is 0 Å². The average Bonchev–Trinajstić information content (AvgIpc) is 2.83. The van der Waals surface area contributed by atoms with Crippen LogP contribution in [-0.2, 0) is 20.0 Å². The highest BCUT2D eigenvalue weighted by Crippen LogP contribution is 2.19. The van der Waals surface area contributed by atoms with Gasteiger partial charge in [-0.1, -0.05) is 6.92 Å². The van der Waals surface area contributed by atoms with Gasteiger partial charge in [-0.05, 0) is 30.2 Å². The number of carbonyl (C=O) groups is 1. The predicted molar refractivity (Wildman–Crippen MR) is 72.3 cm³/mol. The fourth-order valence-electron chi connectivity index (χ4n) is 2.11. The molecule has 0 radical (unpaired) electrons. The molecule has 20 heavy (non-hydrogen) atoms. The van der Waals surface area contributed by atoms with Crippen LogP contribution in [0.3, 0.4) is 0 Å². The smallest absolute Gasteiger partial charge is 0.243 e. The maximum Gasteiger partial charge on any atom is 0.243 e. The van der Waals surface area contributed by atoms with Gasteiger partial charge in [-0.25, -0.2) is 9.13 Å². The minimum Gasteiger partial charge on any atom is -1.00 e. The van der Waals surface area contributed by atoms with E-state index >= 15 is 0 Å². The number of methoxy groups -OCH3 is 1. The van der Waals surface area contributed by atoms with Crippen molar-refractivity contribution in [3.05, 3.63) is 48.0 Å². The highest BCUT2D eigenvalue weighted by molar-refractivity contribution is 5.97. The Labute approximate surface area is 129 Å². The number of Topliss-reactive ketones (excluding diaryl/α,β-unsaturated/α-hetero) is 1. The molecule has 0 bridgehead atoms. The Morgan fingerprint density at radius 2 is 2.15 bits per heavy atom. The summed E-state index contributed by atoms with van der Waals surface area (Å²) in [6.07, 6.45) is 6.53. The maximum atomic E-state index is 12.3. The summed E-state index contributed by atoms with van der Waals surface area (Å²) in [7, 11) is 3.57. The first-order chi connectivity index (χ1) is 9.13. The quantitative estimate of drug-likeness (QED) is 0.505. The van der Waals surface area contributed by atoms with Crippen LogP contribution in [-0.4, -0.2) is 17.5 Å². The van der Waals surface area contributed by atoms with Crippen molar-refractivity contribution < 1.29 is 31.1 Å². The number of hydrogen-bond donors (Lipinski definition) is 0. The standard InChI is InChI=1S/C15H19N2O2.BrH/c1-4-12-9-13(19-3)5-6-14(12)15(18)10-17-8-7-16(2)11-17;/h5-9,11H,4,10H2,1-3H3;1H/q+1;/p-1. The van der Waals surface area contributed by atoms with Crippen molar-refractivity contribution in [1.29, 1.82) is 0 Å². The van der Waals surface area contributed by atoms with Gasteiger partial charge in [0.05, 0.1) is 14.2 Å². The maximum absolute atomic E-state index is 12.3. The van der Waals surface area contributed by atoms with Crippen LogP contribution in [0.4, 0.5) is 0 Å². The van der Waals surface area contributed by atoms with Crippen molar-refractivity contribution in [1.82, 2.24) is 4.57 Å². The summed E-state index contributed by atoms with van der Waals surface area (Å²) < 4.78 is 8.99. The number of aryl methyl sites for hydroxylation is 2. The van der Waals surface area contributed by atoms with E-state index in [0.29, 0.717) is 6.54 Å². The lowest BCUT2D eigenvalue weighted by Crippen LogP contribution is -3.00. The molecule has 4 nitrogen and oxygen atoms in total. The van der Waals surface area contributed by atoms with E-state index in [1.807, 2.05) is 60.0 Å². The molecule has 0 amide bonds. The van der Waals surface area contributed by atoms with Crippen LogP contribution in [0, 0.1) is 0 Å². The number of benzene rings is 1. The Balaban J connectivity index is 0.00000200. The molecule has 0 aliphatic carbocycles. The first-order valence-electron chi connectivity index (χ1n) is 6.35. The topological polar surface area (TPSA) is 35.1 Å². The third-order valence-electron chi connectivity index (χ3n) is 3.14. The van der Waals surface area contributed by atoms with Crippen LogP contribution >= 0.6 is 0 Å². The number of carbonyl (C=O) groups excluding carboxylic acids is 1. The number of ketones is 1. The normalized spacial score (nSPS) is 9.95. The first-order valence-corrected chi connectivity index (χ1v) is 6.35. The summed E-state index contributed by atoms with van der Waals surface area (Å²) in [6.45, 7) is 2.40. The average molecular weight is 339 g/mol. The minimum atomic E-state index is 0. The SMILES string of the molecule is CCc1cc(OC)ccc1C(=O)Cn1cc[n+](C)c1.[Br-]. The van der Waals surface area contributed by atoms with E-state index in [1.54, 1.807) is 7.11 Å². The molecule has 1 aromatic carbocycles. The van der Waals surface area contributed by atoms with Gasteiger partial charge in [-0.2, -0.15) is 0 Å². The van der Waals surface area contributed by atoms with E-state index in [1.165, 1.54) is 0 Å². The molecular weight excluding hydrogens is 320 g/mol. The number of aromatic nitrogens is 2. The third kappa shape index (κ3) is 3.70. The van der Waals surface area contributed by atoms with Gasteiger partial charge in [-0.3, -0.25) is 4.79 Å². The molecule has 108 valence electrons. The number of hydrogen-bond acceptors (Lipinski definition) is 2. The summed E-state index contributed by atoms with van der Waals surface area (Å²) >= 11 is 0. The molecule has 2 rings (SSSR count). The second kappa shape index (κ2) is 7.24. The molecule has 1 aromatic heterocycles. The number of nitrogens with zero attached hydrogens (tertiary/aromatic N) is 2. The number of ether oxygens (including phenoxy) is 1. The number of imidazole rings is 1. The van der Waals surface area contributed by atoms with Gasteiger partial charge < -0.3 is 21.7 Å². The number of rotatable bonds is 5. The van der Waals surface area contributed by atoms with E-state index in [9.17, 15) is 4.79 Å². The van der Waals surface area contributed by atoms with Crippen LogP contribution in [0.15, 0.2) is 36.9 Å². The molecule has 1 heterocycles. The van der Waals surface area contributed by atoms with Crippen molar-refractivity contribution >= 4 is 5.78 Å². The van der Waals surface area contributed by atoms with E-state index in [4.69, 9.17) is 4.74 Å². The van der Waals surface area contributed by atoms with Gasteiger partial charge in [0.15, 0.2) is 6.54 Å². The third-order valence-corrected chi connectivity index (χ3v) is 3.14. The van der Waals surface area contributed by atoms with Gasteiger partial charge in [-0.15, -0.1) is 0 Å². The molecule has 0 fully saturated rings. The lowest BCUT2D eigenvalue weighted by atomic mass is 10.0. The fourth-order valence-corrected chi connectivity index (χ4v) is 2.11. The second-order valence-electron chi connectivity index (χ2n) is 4.55. The summed E-state index contributed by atoms with van der Waals surface area (Å²) in [5, 5.41) is 0. The Morgan fingerprint density at radius 1 is 1.40 bits per heavy atom. The van der Waals surface area contributed by atoms with Crippen molar-refractivity contribution in [3.63, 3.8) is 0 Å². The summed E-state index contributed by atoms with van der Waals surface area (Å²) in [6, 6.07) is 5.62. The second-order valence-corrected chi connectivity index (χ2v) is 4.55. The zero-order valence-electron chi connectivity index (χ0n) is 12.0. The molecule has 0 aliphatic heterocycles. The van der Waals surface area contributed by atoms with Crippen molar-refractivity contribution in [2.45, 2.75) is 19.9 Å². The van der Waals surface area contributed by atoms with E-state index in [0.717, 1.165) is 23.3 Å². The number of halogens is 1. The van der Waals surface area contributed by atoms with Crippen molar-refractivity contribution in [3.8, 4) is 5.75 Å². The van der Waals surface area contributed by atoms with E-state index in [2.05, 4.69) is 0 Å². The fraction of sp³-hybridized carbons (Fsp3) is 0.333. The minimum absolute atomic E-state index is 0. The molecule has 5 heteroatoms. The molecule has 0 aliphatic rings. The molecule has 0 spiro atoms. The Hall–Kier alpha value is -1.62. The molecule has 0 unspecified atom stereocenters. The molecule has 0 saturated heterocycles. The lowest BCUT2D eigenvalue weighted by molar-refractivity contribution is -0.671. The van der Waals surface area contributed by atoms with Crippen LogP contribution < -0.4 is 26.3 Å². The van der Waals surface area contributed by atoms with Gasteiger partial charge in [0.25, 0.3) is 0 Å². The van der Waals surface area contributed by atoms with E-state index in [-0.39, 0.29) is 22.8 Å². The summed E-state index contributed by atoms with van der Waals surface area (Å²) in [5.74, 6) is 0.913. The zero-order valence-corrected chi connectivity index (χ0v) is 13.6. The Kier molecular flexibility index (Phi) is 5.95. The van der Waals surface area contributed by atoms with Gasteiger partial charge >= 0.3 is 0 Å². The van der Waals surface area contributed by atoms with Crippen LogP contribution in [0.2, 0.25) is 0 Å². The Morgan fingerprint density at radius 3 is 2.70 bits per heavy atom. The largest absolute Gasteiger partial charge is 1.00 e. The lowest BCUT2D eigenvalue weighted by Gasteiger charge is -2.08. The summed E-state index contributed by atoms with van der Waals surface area (Å²) in [4.78, 5) is 12.3. The summed E-state index contributed by atoms with van der Waals surface area (Å²) in [5.41, 5.74) is 1.81. The molecular formula is C15H19BrN2O2. The molecule has 0 saturated carbocycles. The Bertz CT molecular complexity index is 593. The zero-order chi connectivity index (χ0) is 13.8. The van der Waals surface area contributed by atoms with Crippen LogP contribution in [0.5, 0.6) is 5.75 Å². The molecule has 0 atom stereocenters. The predicted octanol–water partition coefficient (Wildman–Crippen LogP) is -1.23. The van der Waals surface area contributed by atoms with Crippen molar-refractivity contribution in [2.24, 2.45) is 7.05 Å². The first kappa shape index (κ1) is 16.4. The molecule has 0 N–H and O–H groups in total. The van der Waals surface area contributed by atoms with Gasteiger partial charge in [0, 0.05) is 5.56 Å². The van der Waals surface area contributed by atoms with Crippen LogP contribution in [0.25, 0.3) is 0 Å². The monoisotopic (exact) mass is 338 g/mol. The highest BCUT2D eigenvalue weighted by atomic mass is 79.9.